The highest BCUT2D eigenvalue weighted by Crippen LogP contribution is 2.35. The van der Waals surface area contributed by atoms with Crippen molar-refractivity contribution in [3.05, 3.63) is 64.2 Å². The SMILES string of the molecule is CC(C)(C)OC(=O)N1C(=O)CCC(N2C(=O)c3cccc(CC(=O)CCCCCCCCC(=O)Nc4cccc5c4C(=O)N(C4CCC(=O)N(C(=O)OC(C)(C)C)C4=O)C5=O)c3C2=O)C1=O. The van der Waals surface area contributed by atoms with E-state index >= 15 is 0 Å². The third kappa shape index (κ3) is 10.3. The van der Waals surface area contributed by atoms with E-state index in [9.17, 15) is 57.5 Å². The fraction of sp³-hybridized carbons (Fsp3) is 0.489. The van der Waals surface area contributed by atoms with Crippen LogP contribution in [0.4, 0.5) is 15.3 Å². The lowest BCUT2D eigenvalue weighted by molar-refractivity contribution is -0.151. The molecule has 2 atom stereocenters. The van der Waals surface area contributed by atoms with Gasteiger partial charge in [-0.05, 0) is 91.0 Å². The maximum atomic E-state index is 13.7. The number of nitrogens with zero attached hydrogens (tertiary/aromatic N) is 4. The summed E-state index contributed by atoms with van der Waals surface area (Å²) in [6, 6.07) is 6.06. The predicted molar refractivity (Wildman–Crippen MR) is 230 cm³/mol. The lowest BCUT2D eigenvalue weighted by Crippen LogP contribution is -2.58. The van der Waals surface area contributed by atoms with Crippen molar-refractivity contribution in [1.82, 2.24) is 19.6 Å². The number of ether oxygens (including phenoxy) is 2. The second kappa shape index (κ2) is 19.3. The van der Waals surface area contributed by atoms with Crippen molar-refractivity contribution >= 4 is 76.8 Å². The number of imide groups is 8. The lowest BCUT2D eigenvalue weighted by Gasteiger charge is -2.34. The zero-order valence-corrected chi connectivity index (χ0v) is 37.8. The Balaban J connectivity index is 0.936. The van der Waals surface area contributed by atoms with E-state index in [4.69, 9.17) is 9.47 Å². The molecule has 0 aromatic heterocycles. The summed E-state index contributed by atoms with van der Waals surface area (Å²) >= 11 is 0. The molecule has 6 rings (SSSR count). The van der Waals surface area contributed by atoms with Gasteiger partial charge in [0.2, 0.25) is 17.7 Å². The van der Waals surface area contributed by atoms with Gasteiger partial charge < -0.3 is 14.8 Å². The highest BCUT2D eigenvalue weighted by Gasteiger charge is 2.52. The van der Waals surface area contributed by atoms with Crippen LogP contribution in [0.15, 0.2) is 36.4 Å². The molecule has 2 aromatic carbocycles. The van der Waals surface area contributed by atoms with Gasteiger partial charge in [-0.2, -0.15) is 9.80 Å². The normalized spacial score (nSPS) is 18.8. The van der Waals surface area contributed by atoms with Crippen LogP contribution >= 0.6 is 0 Å². The first-order valence-electron chi connectivity index (χ1n) is 22.0. The Morgan fingerprint density at radius 1 is 0.576 bits per heavy atom. The van der Waals surface area contributed by atoms with E-state index in [-0.39, 0.29) is 78.7 Å². The molecular weight excluding hydrogens is 859 g/mol. The van der Waals surface area contributed by atoms with Crippen molar-refractivity contribution in [3.63, 3.8) is 0 Å². The number of benzene rings is 2. The van der Waals surface area contributed by atoms with Crippen LogP contribution in [0.25, 0.3) is 0 Å². The van der Waals surface area contributed by atoms with Gasteiger partial charge in [0.25, 0.3) is 35.4 Å². The first-order chi connectivity index (χ1) is 31.0. The molecule has 19 heteroatoms. The molecule has 0 spiro atoms. The molecule has 0 radical (unpaired) electrons. The molecule has 2 unspecified atom stereocenters. The Hall–Kier alpha value is -6.92. The first-order valence-corrected chi connectivity index (χ1v) is 22.0. The van der Waals surface area contributed by atoms with Crippen LogP contribution in [0.1, 0.15) is 166 Å². The fourth-order valence-electron chi connectivity index (χ4n) is 8.34. The molecule has 66 heavy (non-hydrogen) atoms. The second-order valence-corrected chi connectivity index (χ2v) is 18.6. The third-order valence-electron chi connectivity index (χ3n) is 11.3. The molecule has 2 fully saturated rings. The molecule has 4 aliphatic rings. The number of fused-ring (bicyclic) bond motifs is 2. The average molecular weight is 912 g/mol. The highest BCUT2D eigenvalue weighted by molar-refractivity contribution is 6.27. The number of amides is 11. The Bertz CT molecular complexity index is 2280. The summed E-state index contributed by atoms with van der Waals surface area (Å²) < 4.78 is 10.4. The second-order valence-electron chi connectivity index (χ2n) is 18.6. The van der Waals surface area contributed by atoms with Gasteiger partial charge in [0.15, 0.2) is 0 Å². The van der Waals surface area contributed by atoms with E-state index < -0.39 is 88.6 Å². The minimum atomic E-state index is -1.43. The molecule has 2 aromatic rings. The van der Waals surface area contributed by atoms with Crippen molar-refractivity contribution < 1.29 is 67.0 Å². The summed E-state index contributed by atoms with van der Waals surface area (Å²) in [5.74, 6) is -7.44. The van der Waals surface area contributed by atoms with Crippen molar-refractivity contribution in [2.45, 2.75) is 148 Å². The Morgan fingerprint density at radius 2 is 1.02 bits per heavy atom. The van der Waals surface area contributed by atoms with Gasteiger partial charge in [0.05, 0.1) is 27.9 Å². The first kappa shape index (κ1) is 48.5. The van der Waals surface area contributed by atoms with Crippen LogP contribution in [0.5, 0.6) is 0 Å². The number of carbonyl (C=O) groups is 12. The summed E-state index contributed by atoms with van der Waals surface area (Å²) in [5.41, 5.74) is -1.71. The van der Waals surface area contributed by atoms with Crippen LogP contribution in [-0.4, -0.2) is 114 Å². The van der Waals surface area contributed by atoms with Gasteiger partial charge in [-0.15, -0.1) is 0 Å². The van der Waals surface area contributed by atoms with Gasteiger partial charge in [-0.1, -0.05) is 43.9 Å². The average Bonchev–Trinajstić information content (AvgIpc) is 3.62. The third-order valence-corrected chi connectivity index (χ3v) is 11.3. The summed E-state index contributed by atoms with van der Waals surface area (Å²) in [5, 5.41) is 2.70. The van der Waals surface area contributed by atoms with E-state index in [0.29, 0.717) is 41.0 Å². The number of carbonyl (C=O) groups excluding carboxylic acids is 12. The number of rotatable bonds is 14. The van der Waals surface area contributed by atoms with E-state index in [2.05, 4.69) is 5.32 Å². The van der Waals surface area contributed by atoms with E-state index in [1.807, 2.05) is 0 Å². The van der Waals surface area contributed by atoms with Gasteiger partial charge >= 0.3 is 12.2 Å². The number of hydrogen-bond donors (Lipinski definition) is 1. The molecule has 1 N–H and O–H groups in total. The summed E-state index contributed by atoms with van der Waals surface area (Å²) in [6.45, 7) is 9.38. The van der Waals surface area contributed by atoms with Crippen molar-refractivity contribution in [2.75, 3.05) is 5.32 Å². The van der Waals surface area contributed by atoms with Crippen LogP contribution in [0.2, 0.25) is 0 Å². The molecule has 4 aliphatic heterocycles. The zero-order chi connectivity index (χ0) is 48.4. The standard InChI is InChI=1S/C47H53N5O14/c1-46(2,3)65-44(63)51-34(55)23-21-31(40(51)59)49-38(57)28-17-13-15-26(36(28)42(49)61)25-27(53)16-11-9-7-8-10-12-20-33(54)48-30-19-14-18-29-37(30)43(62)50(39(29)58)32-22-24-35(56)52(41(32)60)45(64)66-47(4,5)6/h13-15,17-19,31-32H,7-12,16,20-25H2,1-6H3,(H,48,54). The summed E-state index contributed by atoms with van der Waals surface area (Å²) in [7, 11) is 0. The molecule has 0 bridgehead atoms. The van der Waals surface area contributed by atoms with Crippen molar-refractivity contribution in [3.8, 4) is 0 Å². The van der Waals surface area contributed by atoms with E-state index in [1.54, 1.807) is 53.7 Å². The number of likely N-dealkylation sites (tertiary alicyclic amines) is 2. The Morgan fingerprint density at radius 3 is 1.52 bits per heavy atom. The smallest absolute Gasteiger partial charge is 0.424 e. The Kier molecular flexibility index (Phi) is 14.2. The monoisotopic (exact) mass is 911 g/mol. The van der Waals surface area contributed by atoms with Crippen LogP contribution in [0, 0.1) is 0 Å². The largest absolute Gasteiger partial charge is 0.443 e. The van der Waals surface area contributed by atoms with E-state index in [1.165, 1.54) is 24.3 Å². The predicted octanol–water partition coefficient (Wildman–Crippen LogP) is 5.66. The lowest BCUT2D eigenvalue weighted by atomic mass is 9.96. The highest BCUT2D eigenvalue weighted by atomic mass is 16.6. The minimum Gasteiger partial charge on any atom is -0.443 e. The van der Waals surface area contributed by atoms with Gasteiger partial charge in [-0.3, -0.25) is 57.7 Å². The van der Waals surface area contributed by atoms with Gasteiger partial charge in [-0.25, -0.2) is 9.59 Å². The molecule has 11 amide bonds. The van der Waals surface area contributed by atoms with Gasteiger partial charge in [0, 0.05) is 32.1 Å². The minimum absolute atomic E-state index is 0.00925. The number of piperidine rings is 2. The van der Waals surface area contributed by atoms with Crippen LogP contribution in [0.3, 0.4) is 0 Å². The maximum absolute atomic E-state index is 13.7. The van der Waals surface area contributed by atoms with Crippen molar-refractivity contribution in [2.24, 2.45) is 0 Å². The fourth-order valence-corrected chi connectivity index (χ4v) is 8.34. The number of hydrogen-bond acceptors (Lipinski definition) is 14. The molecule has 350 valence electrons. The summed E-state index contributed by atoms with van der Waals surface area (Å²) in [6.07, 6.45) is 0.895. The van der Waals surface area contributed by atoms with Crippen molar-refractivity contribution in [1.29, 1.82) is 0 Å². The maximum Gasteiger partial charge on any atom is 0.424 e. The molecular formula is C47H53N5O14. The van der Waals surface area contributed by atoms with E-state index in [0.717, 1.165) is 22.6 Å². The molecule has 0 saturated carbocycles. The molecule has 0 aliphatic carbocycles. The van der Waals surface area contributed by atoms with Gasteiger partial charge in [0.1, 0.15) is 29.1 Å². The number of unbranched alkanes of at least 4 members (excludes halogenated alkanes) is 5. The Labute approximate surface area is 380 Å². The topological polar surface area (TPSA) is 248 Å². The number of ketones is 1. The molecule has 4 heterocycles. The number of anilines is 1. The number of nitrogens with one attached hydrogen (secondary N) is 1. The zero-order valence-electron chi connectivity index (χ0n) is 37.8. The molecule has 19 nitrogen and oxygen atoms in total. The van der Waals surface area contributed by atoms with Crippen LogP contribution < -0.4 is 5.32 Å². The number of Topliss-reactive ketones (excluding diaryl/α,β-unsaturated/α-hetero) is 1. The molecule has 2 saturated heterocycles. The summed E-state index contributed by atoms with van der Waals surface area (Å²) in [4.78, 5) is 160. The van der Waals surface area contributed by atoms with Crippen LogP contribution in [-0.2, 0) is 44.7 Å². The quantitative estimate of drug-likeness (QED) is 0.178.